The lowest BCUT2D eigenvalue weighted by Gasteiger charge is -2.26. The van der Waals surface area contributed by atoms with Crippen molar-refractivity contribution in [3.63, 3.8) is 0 Å². The summed E-state index contributed by atoms with van der Waals surface area (Å²) in [5.41, 5.74) is 0. The SMILES string of the molecule is CCCCCCCCCCCCOCCCN(S(=O)[O-])S(=O)(=O)N(C)C. The fraction of sp³-hybridized carbons (Fsp3) is 1.00. The second kappa shape index (κ2) is 15.9. The summed E-state index contributed by atoms with van der Waals surface area (Å²) in [7, 11) is -1.35. The smallest absolute Gasteiger partial charge is 0.291 e. The third-order valence-electron chi connectivity index (χ3n) is 4.16. The number of nitrogens with zero attached hydrogens (tertiary/aromatic N) is 2. The number of rotatable bonds is 18. The van der Waals surface area contributed by atoms with Crippen LogP contribution in [0.3, 0.4) is 0 Å². The van der Waals surface area contributed by atoms with E-state index in [0.717, 1.165) is 17.1 Å². The zero-order chi connectivity index (χ0) is 19.8. The standard InChI is InChI=1S/C17H38N2O5S2/c1-4-5-6-7-8-9-10-11-12-13-16-24-17-14-15-19(25(20)21)26(22,23)18(2)3/h4-17H2,1-3H3,(H,20,21)/p-1. The van der Waals surface area contributed by atoms with Gasteiger partial charge in [-0.3, -0.25) is 4.21 Å². The van der Waals surface area contributed by atoms with E-state index in [1.165, 1.54) is 65.5 Å². The van der Waals surface area contributed by atoms with Crippen molar-refractivity contribution in [3.05, 3.63) is 0 Å². The van der Waals surface area contributed by atoms with Gasteiger partial charge in [-0.1, -0.05) is 64.7 Å². The first kappa shape index (κ1) is 25.9. The molecule has 0 saturated heterocycles. The van der Waals surface area contributed by atoms with Crippen LogP contribution in [0.2, 0.25) is 0 Å². The summed E-state index contributed by atoms with van der Waals surface area (Å²) in [5.74, 6) is 0. The van der Waals surface area contributed by atoms with Crippen molar-refractivity contribution in [3.8, 4) is 0 Å². The van der Waals surface area contributed by atoms with Gasteiger partial charge in [0.15, 0.2) is 0 Å². The molecule has 0 radical (unpaired) electrons. The van der Waals surface area contributed by atoms with Crippen LogP contribution in [0.1, 0.15) is 77.6 Å². The summed E-state index contributed by atoms with van der Waals surface area (Å²) < 4.78 is 52.7. The second-order valence-corrected chi connectivity index (χ2v) is 9.85. The Kier molecular flexibility index (Phi) is 15.9. The van der Waals surface area contributed by atoms with E-state index >= 15 is 0 Å². The van der Waals surface area contributed by atoms with Gasteiger partial charge in [-0.25, -0.2) is 0 Å². The molecule has 0 amide bonds. The van der Waals surface area contributed by atoms with Crippen LogP contribution < -0.4 is 0 Å². The van der Waals surface area contributed by atoms with Crippen LogP contribution in [0.5, 0.6) is 0 Å². The lowest BCUT2D eigenvalue weighted by Crippen LogP contribution is -2.41. The molecule has 1 atom stereocenters. The minimum absolute atomic E-state index is 0.103. The molecule has 9 heteroatoms. The average Bonchev–Trinajstić information content (AvgIpc) is 2.57. The van der Waals surface area contributed by atoms with E-state index in [0.29, 0.717) is 23.3 Å². The van der Waals surface area contributed by atoms with E-state index in [2.05, 4.69) is 6.92 Å². The zero-order valence-corrected chi connectivity index (χ0v) is 18.3. The highest BCUT2D eigenvalue weighted by Crippen LogP contribution is 2.11. The quantitative estimate of drug-likeness (QED) is 0.254. The minimum Gasteiger partial charge on any atom is -0.759 e. The van der Waals surface area contributed by atoms with Crippen molar-refractivity contribution in [2.75, 3.05) is 33.9 Å². The highest BCUT2D eigenvalue weighted by atomic mass is 32.3. The Balaban J connectivity index is 3.59. The Bertz CT molecular complexity index is 458. The molecule has 0 heterocycles. The van der Waals surface area contributed by atoms with Gasteiger partial charge in [-0.05, 0) is 12.8 Å². The van der Waals surface area contributed by atoms with Crippen LogP contribution in [-0.4, -0.2) is 59.0 Å². The van der Waals surface area contributed by atoms with Crippen LogP contribution >= 0.6 is 0 Å². The van der Waals surface area contributed by atoms with E-state index in [-0.39, 0.29) is 6.54 Å². The maximum atomic E-state index is 11.9. The van der Waals surface area contributed by atoms with Crippen molar-refractivity contribution >= 4 is 21.5 Å². The molecule has 0 aliphatic rings. The molecule has 7 nitrogen and oxygen atoms in total. The van der Waals surface area contributed by atoms with Gasteiger partial charge in [0.25, 0.3) is 10.2 Å². The maximum Gasteiger partial charge on any atom is 0.291 e. The Morgan fingerprint density at radius 1 is 0.846 bits per heavy atom. The Morgan fingerprint density at radius 2 is 1.31 bits per heavy atom. The largest absolute Gasteiger partial charge is 0.759 e. The molecule has 158 valence electrons. The monoisotopic (exact) mass is 413 g/mol. The molecule has 0 aromatic heterocycles. The summed E-state index contributed by atoms with van der Waals surface area (Å²) in [4.78, 5) is 0. The molecule has 0 aromatic rings. The lowest BCUT2D eigenvalue weighted by atomic mass is 10.1. The molecule has 0 aliphatic carbocycles. The summed E-state index contributed by atoms with van der Waals surface area (Å²) >= 11 is -2.81. The van der Waals surface area contributed by atoms with Crippen LogP contribution in [0, 0.1) is 0 Å². The Hall–Kier alpha value is -0.0600. The predicted octanol–water partition coefficient (Wildman–Crippen LogP) is 3.22. The predicted molar refractivity (Wildman–Crippen MR) is 106 cm³/mol. The first-order chi connectivity index (χ1) is 12.3. The van der Waals surface area contributed by atoms with Crippen molar-refractivity contribution in [2.24, 2.45) is 0 Å². The maximum absolute atomic E-state index is 11.9. The molecule has 0 aliphatic heterocycles. The molecule has 1 unspecified atom stereocenters. The van der Waals surface area contributed by atoms with Gasteiger partial charge in [-0.2, -0.15) is 12.7 Å². The number of hydrogen-bond acceptors (Lipinski definition) is 5. The molecule has 0 spiro atoms. The fourth-order valence-electron chi connectivity index (χ4n) is 2.54. The molecule has 0 N–H and O–H groups in total. The third-order valence-corrected chi connectivity index (χ3v) is 7.22. The van der Waals surface area contributed by atoms with Crippen molar-refractivity contribution in [1.82, 2.24) is 8.02 Å². The van der Waals surface area contributed by atoms with E-state index in [4.69, 9.17) is 4.74 Å². The molecule has 0 fully saturated rings. The average molecular weight is 414 g/mol. The zero-order valence-electron chi connectivity index (χ0n) is 16.7. The summed E-state index contributed by atoms with van der Waals surface area (Å²) in [6.07, 6.45) is 13.0. The van der Waals surface area contributed by atoms with Gasteiger partial charge in [0.2, 0.25) is 0 Å². The van der Waals surface area contributed by atoms with Crippen LogP contribution in [0.25, 0.3) is 0 Å². The lowest BCUT2D eigenvalue weighted by molar-refractivity contribution is 0.126. The van der Waals surface area contributed by atoms with E-state index < -0.39 is 21.5 Å². The van der Waals surface area contributed by atoms with Gasteiger partial charge in [0, 0.05) is 45.1 Å². The van der Waals surface area contributed by atoms with Crippen LogP contribution in [-0.2, 0) is 26.2 Å². The first-order valence-corrected chi connectivity index (χ1v) is 12.1. The van der Waals surface area contributed by atoms with E-state index in [9.17, 15) is 17.2 Å². The van der Waals surface area contributed by atoms with Gasteiger partial charge in [0.05, 0.1) is 0 Å². The van der Waals surface area contributed by atoms with Crippen molar-refractivity contribution in [2.45, 2.75) is 77.6 Å². The number of hydrogen-bond donors (Lipinski definition) is 0. The van der Waals surface area contributed by atoms with Gasteiger partial charge in [-0.15, -0.1) is 3.71 Å². The van der Waals surface area contributed by atoms with Gasteiger partial charge < -0.3 is 9.29 Å². The molecule has 0 aromatic carbocycles. The molecule has 0 bridgehead atoms. The summed E-state index contributed by atoms with van der Waals surface area (Å²) in [6.45, 7) is 3.12. The second-order valence-electron chi connectivity index (χ2n) is 6.68. The Morgan fingerprint density at radius 3 is 1.77 bits per heavy atom. The number of unbranched alkanes of at least 4 members (excludes halogenated alkanes) is 9. The van der Waals surface area contributed by atoms with E-state index in [1.807, 2.05) is 0 Å². The summed E-state index contributed by atoms with van der Waals surface area (Å²) in [6, 6.07) is 0. The highest BCUT2D eigenvalue weighted by molar-refractivity contribution is 7.97. The van der Waals surface area contributed by atoms with Crippen LogP contribution in [0.4, 0.5) is 0 Å². The van der Waals surface area contributed by atoms with Gasteiger partial charge >= 0.3 is 0 Å². The fourth-order valence-corrected chi connectivity index (χ4v) is 4.56. The number of ether oxygens (including phenoxy) is 1. The van der Waals surface area contributed by atoms with E-state index in [1.54, 1.807) is 0 Å². The third kappa shape index (κ3) is 12.3. The first-order valence-electron chi connectivity index (χ1n) is 9.71. The van der Waals surface area contributed by atoms with Crippen LogP contribution in [0.15, 0.2) is 0 Å². The topological polar surface area (TPSA) is 90.0 Å². The normalized spacial score (nSPS) is 13.6. The van der Waals surface area contributed by atoms with Crippen molar-refractivity contribution in [1.29, 1.82) is 0 Å². The van der Waals surface area contributed by atoms with Crippen molar-refractivity contribution < 1.29 is 21.9 Å². The Labute approximate surface area is 163 Å². The highest BCUT2D eigenvalue weighted by Gasteiger charge is 2.24. The molecular formula is C17H37N2O5S2-. The molecule has 26 heavy (non-hydrogen) atoms. The van der Waals surface area contributed by atoms with Gasteiger partial charge in [0.1, 0.15) is 0 Å². The molecular weight excluding hydrogens is 376 g/mol. The molecule has 0 saturated carbocycles. The molecule has 0 rings (SSSR count). The summed E-state index contributed by atoms with van der Waals surface area (Å²) in [5, 5.41) is 0. The minimum atomic E-state index is -3.96.